The number of hydrogen-bond acceptors (Lipinski definition) is 3. The van der Waals surface area contributed by atoms with Crippen molar-refractivity contribution in [2.75, 3.05) is 26.2 Å². The van der Waals surface area contributed by atoms with E-state index in [-0.39, 0.29) is 23.6 Å². The SMILES string of the molecule is Cc1ccc([C@H](CC#N)N2CCNCC2)c(F)c1F. The van der Waals surface area contributed by atoms with Gasteiger partial charge >= 0.3 is 0 Å². The average Bonchev–Trinajstić information content (AvgIpc) is 2.44. The number of nitriles is 1. The first-order valence-electron chi connectivity index (χ1n) is 6.41. The molecule has 1 saturated heterocycles. The number of benzene rings is 1. The Labute approximate surface area is 111 Å². The first kappa shape index (κ1) is 13.9. The molecule has 0 saturated carbocycles. The zero-order valence-corrected chi connectivity index (χ0v) is 10.9. The summed E-state index contributed by atoms with van der Waals surface area (Å²) in [5, 5.41) is 12.1. The van der Waals surface area contributed by atoms with Crippen LogP contribution < -0.4 is 5.32 Å². The summed E-state index contributed by atoms with van der Waals surface area (Å²) in [6.45, 7) is 4.62. The van der Waals surface area contributed by atoms with E-state index >= 15 is 0 Å². The smallest absolute Gasteiger partial charge is 0.163 e. The molecule has 19 heavy (non-hydrogen) atoms. The van der Waals surface area contributed by atoms with Crippen LogP contribution in [0.1, 0.15) is 23.6 Å². The average molecular weight is 265 g/mol. The number of rotatable bonds is 3. The van der Waals surface area contributed by atoms with Gasteiger partial charge in [-0.15, -0.1) is 0 Å². The van der Waals surface area contributed by atoms with Gasteiger partial charge in [-0.25, -0.2) is 8.78 Å². The Kier molecular flexibility index (Phi) is 4.46. The molecule has 1 N–H and O–H groups in total. The van der Waals surface area contributed by atoms with Crippen LogP contribution in [-0.2, 0) is 0 Å². The Balaban J connectivity index is 2.33. The van der Waals surface area contributed by atoms with E-state index in [0.717, 1.165) is 26.2 Å². The maximum Gasteiger partial charge on any atom is 0.163 e. The summed E-state index contributed by atoms with van der Waals surface area (Å²) >= 11 is 0. The van der Waals surface area contributed by atoms with E-state index in [1.807, 2.05) is 4.90 Å². The number of hydrogen-bond donors (Lipinski definition) is 1. The van der Waals surface area contributed by atoms with Crippen molar-refractivity contribution in [2.24, 2.45) is 0 Å². The van der Waals surface area contributed by atoms with Crippen LogP contribution in [0.2, 0.25) is 0 Å². The summed E-state index contributed by atoms with van der Waals surface area (Å²) in [5.74, 6) is -1.63. The fourth-order valence-corrected chi connectivity index (χ4v) is 2.43. The molecule has 3 nitrogen and oxygen atoms in total. The molecule has 1 heterocycles. The lowest BCUT2D eigenvalue weighted by Gasteiger charge is -2.34. The Morgan fingerprint density at radius 1 is 1.32 bits per heavy atom. The molecule has 0 aliphatic carbocycles. The van der Waals surface area contributed by atoms with Gasteiger partial charge in [0.15, 0.2) is 11.6 Å². The molecule has 1 aromatic rings. The lowest BCUT2D eigenvalue weighted by molar-refractivity contribution is 0.171. The molecule has 2 rings (SSSR count). The highest BCUT2D eigenvalue weighted by molar-refractivity contribution is 5.28. The second kappa shape index (κ2) is 6.09. The van der Waals surface area contributed by atoms with E-state index in [0.29, 0.717) is 0 Å². The van der Waals surface area contributed by atoms with Crippen LogP contribution >= 0.6 is 0 Å². The van der Waals surface area contributed by atoms with Gasteiger partial charge in [0.1, 0.15) is 0 Å². The highest BCUT2D eigenvalue weighted by Gasteiger charge is 2.26. The van der Waals surface area contributed by atoms with Crippen LogP contribution in [0, 0.1) is 29.9 Å². The van der Waals surface area contributed by atoms with E-state index < -0.39 is 11.6 Å². The van der Waals surface area contributed by atoms with E-state index in [1.54, 1.807) is 12.1 Å². The quantitative estimate of drug-likeness (QED) is 0.910. The standard InChI is InChI=1S/C14H17F2N3/c1-10-2-3-11(14(16)13(10)15)12(4-5-17)19-8-6-18-7-9-19/h2-3,12,18H,4,6-9H2,1H3/t12-/m0/s1. The van der Waals surface area contributed by atoms with Gasteiger partial charge in [-0.3, -0.25) is 4.90 Å². The van der Waals surface area contributed by atoms with Gasteiger partial charge in [-0.05, 0) is 12.5 Å². The summed E-state index contributed by atoms with van der Waals surface area (Å²) in [5.41, 5.74) is 0.573. The Bertz CT molecular complexity index is 490. The molecule has 0 spiro atoms. The second-order valence-corrected chi connectivity index (χ2v) is 4.76. The van der Waals surface area contributed by atoms with Crippen LogP contribution in [0.3, 0.4) is 0 Å². The molecule has 0 aromatic heterocycles. The van der Waals surface area contributed by atoms with Gasteiger partial charge < -0.3 is 5.32 Å². The van der Waals surface area contributed by atoms with Crippen molar-refractivity contribution in [3.05, 3.63) is 34.9 Å². The Morgan fingerprint density at radius 2 is 2.00 bits per heavy atom. The minimum atomic E-state index is -0.821. The molecule has 1 aliphatic rings. The maximum absolute atomic E-state index is 14.1. The lowest BCUT2D eigenvalue weighted by Crippen LogP contribution is -2.45. The van der Waals surface area contributed by atoms with Crippen LogP contribution in [-0.4, -0.2) is 31.1 Å². The summed E-state index contributed by atoms with van der Waals surface area (Å²) in [4.78, 5) is 2.03. The van der Waals surface area contributed by atoms with Gasteiger partial charge in [-0.2, -0.15) is 5.26 Å². The van der Waals surface area contributed by atoms with Gasteiger partial charge in [0.25, 0.3) is 0 Å². The summed E-state index contributed by atoms with van der Waals surface area (Å²) in [6.07, 6.45) is 0.166. The topological polar surface area (TPSA) is 39.1 Å². The molecular weight excluding hydrogens is 248 g/mol. The van der Waals surface area contributed by atoms with Crippen LogP contribution in [0.15, 0.2) is 12.1 Å². The largest absolute Gasteiger partial charge is 0.314 e. The van der Waals surface area contributed by atoms with Crippen molar-refractivity contribution < 1.29 is 8.78 Å². The molecule has 5 heteroatoms. The molecule has 1 fully saturated rings. The van der Waals surface area contributed by atoms with Crippen LogP contribution in [0.4, 0.5) is 8.78 Å². The summed E-state index contributed by atoms with van der Waals surface area (Å²) < 4.78 is 27.7. The molecule has 102 valence electrons. The minimum absolute atomic E-state index is 0.166. The summed E-state index contributed by atoms with van der Waals surface area (Å²) in [7, 11) is 0. The highest BCUT2D eigenvalue weighted by atomic mass is 19.2. The zero-order chi connectivity index (χ0) is 13.8. The lowest BCUT2D eigenvalue weighted by atomic mass is 9.99. The van der Waals surface area contributed by atoms with Gasteiger partial charge in [0.2, 0.25) is 0 Å². The molecule has 0 bridgehead atoms. The van der Waals surface area contributed by atoms with Gasteiger partial charge in [0, 0.05) is 31.7 Å². The molecule has 1 aromatic carbocycles. The fourth-order valence-electron chi connectivity index (χ4n) is 2.43. The van der Waals surface area contributed by atoms with Crippen molar-refractivity contribution >= 4 is 0 Å². The van der Waals surface area contributed by atoms with Crippen molar-refractivity contribution in [1.29, 1.82) is 5.26 Å². The monoisotopic (exact) mass is 265 g/mol. The maximum atomic E-state index is 14.1. The number of nitrogens with zero attached hydrogens (tertiary/aromatic N) is 2. The number of piperazine rings is 1. The molecule has 1 aliphatic heterocycles. The number of halogens is 2. The van der Waals surface area contributed by atoms with Gasteiger partial charge in [-0.1, -0.05) is 12.1 Å². The first-order chi connectivity index (χ1) is 9.15. The third kappa shape index (κ3) is 2.91. The Hall–Kier alpha value is -1.51. The van der Waals surface area contributed by atoms with Crippen molar-refractivity contribution in [2.45, 2.75) is 19.4 Å². The molecular formula is C14H17F2N3. The third-order valence-electron chi connectivity index (χ3n) is 3.54. The fraction of sp³-hybridized carbons (Fsp3) is 0.500. The van der Waals surface area contributed by atoms with Crippen LogP contribution in [0.5, 0.6) is 0 Å². The van der Waals surface area contributed by atoms with Crippen LogP contribution in [0.25, 0.3) is 0 Å². The zero-order valence-electron chi connectivity index (χ0n) is 10.9. The molecule has 1 atom stereocenters. The van der Waals surface area contributed by atoms with Crippen molar-refractivity contribution in [3.8, 4) is 6.07 Å². The molecule has 0 unspecified atom stereocenters. The van der Waals surface area contributed by atoms with Gasteiger partial charge in [0.05, 0.1) is 18.5 Å². The van der Waals surface area contributed by atoms with E-state index in [2.05, 4.69) is 11.4 Å². The highest BCUT2D eigenvalue weighted by Crippen LogP contribution is 2.28. The predicted octanol–water partition coefficient (Wildman–Crippen LogP) is 2.13. The predicted molar refractivity (Wildman–Crippen MR) is 68.5 cm³/mol. The number of nitrogens with one attached hydrogen (secondary N) is 1. The summed E-state index contributed by atoms with van der Waals surface area (Å²) in [6, 6.07) is 4.87. The third-order valence-corrected chi connectivity index (χ3v) is 3.54. The van der Waals surface area contributed by atoms with E-state index in [1.165, 1.54) is 6.92 Å². The minimum Gasteiger partial charge on any atom is -0.314 e. The van der Waals surface area contributed by atoms with Crippen molar-refractivity contribution in [1.82, 2.24) is 10.2 Å². The second-order valence-electron chi connectivity index (χ2n) is 4.76. The molecule has 0 radical (unpaired) electrons. The van der Waals surface area contributed by atoms with E-state index in [9.17, 15) is 8.78 Å². The Morgan fingerprint density at radius 3 is 2.63 bits per heavy atom. The van der Waals surface area contributed by atoms with Crippen molar-refractivity contribution in [3.63, 3.8) is 0 Å². The first-order valence-corrected chi connectivity index (χ1v) is 6.41. The normalized spacial score (nSPS) is 18.0. The van der Waals surface area contributed by atoms with E-state index in [4.69, 9.17) is 5.26 Å². The molecule has 0 amide bonds. The number of aryl methyl sites for hydroxylation is 1.